The fraction of sp³-hybridized carbons (Fsp3) is 0.400. The Morgan fingerprint density at radius 3 is 2.55 bits per heavy atom. The molecular formula is C20H25NO. The Bertz CT molecular complexity index is 610. The van der Waals surface area contributed by atoms with Gasteiger partial charge in [0.05, 0.1) is 18.2 Å². The molecule has 0 saturated heterocycles. The van der Waals surface area contributed by atoms with Crippen LogP contribution in [0.2, 0.25) is 0 Å². The third-order valence-corrected chi connectivity index (χ3v) is 4.89. The predicted molar refractivity (Wildman–Crippen MR) is 90.5 cm³/mol. The van der Waals surface area contributed by atoms with Gasteiger partial charge in [0.15, 0.2) is 0 Å². The highest BCUT2D eigenvalue weighted by atomic mass is 16.5. The zero-order chi connectivity index (χ0) is 15.4. The molecular weight excluding hydrogens is 270 g/mol. The summed E-state index contributed by atoms with van der Waals surface area (Å²) < 4.78 is 6.29. The van der Waals surface area contributed by atoms with E-state index < -0.39 is 0 Å². The lowest BCUT2D eigenvalue weighted by atomic mass is 9.75. The van der Waals surface area contributed by atoms with E-state index in [9.17, 15) is 0 Å². The Morgan fingerprint density at radius 1 is 1.05 bits per heavy atom. The first-order chi connectivity index (χ1) is 10.7. The highest BCUT2D eigenvalue weighted by Crippen LogP contribution is 2.37. The number of aryl methyl sites for hydroxylation is 1. The van der Waals surface area contributed by atoms with Crippen molar-refractivity contribution in [2.24, 2.45) is 5.73 Å². The smallest absolute Gasteiger partial charge is 0.0800 e. The van der Waals surface area contributed by atoms with Crippen molar-refractivity contribution in [2.45, 2.75) is 50.9 Å². The zero-order valence-electron chi connectivity index (χ0n) is 13.3. The molecule has 2 atom stereocenters. The summed E-state index contributed by atoms with van der Waals surface area (Å²) in [7, 11) is 0. The first-order valence-corrected chi connectivity index (χ1v) is 8.21. The summed E-state index contributed by atoms with van der Waals surface area (Å²) in [6.07, 6.45) is 4.50. The molecule has 0 aliphatic heterocycles. The summed E-state index contributed by atoms with van der Waals surface area (Å²) in [5, 5.41) is 0. The van der Waals surface area contributed by atoms with E-state index in [4.69, 9.17) is 10.5 Å². The van der Waals surface area contributed by atoms with Crippen molar-refractivity contribution in [1.82, 2.24) is 0 Å². The van der Waals surface area contributed by atoms with Gasteiger partial charge in [-0.1, -0.05) is 67.4 Å². The quantitative estimate of drug-likeness (QED) is 0.912. The molecule has 1 aliphatic rings. The predicted octanol–water partition coefficient (Wildman–Crippen LogP) is 4.31. The van der Waals surface area contributed by atoms with Gasteiger partial charge in [-0.05, 0) is 36.5 Å². The van der Waals surface area contributed by atoms with E-state index in [0.29, 0.717) is 6.61 Å². The van der Waals surface area contributed by atoms with E-state index in [1.807, 2.05) is 6.07 Å². The zero-order valence-corrected chi connectivity index (χ0v) is 13.3. The molecule has 2 heteroatoms. The fourth-order valence-corrected chi connectivity index (χ4v) is 3.44. The second-order valence-corrected chi connectivity index (χ2v) is 6.38. The van der Waals surface area contributed by atoms with Gasteiger partial charge in [0.25, 0.3) is 0 Å². The molecule has 0 spiro atoms. The van der Waals surface area contributed by atoms with Crippen LogP contribution in [0.4, 0.5) is 0 Å². The topological polar surface area (TPSA) is 35.2 Å². The van der Waals surface area contributed by atoms with Crippen molar-refractivity contribution in [1.29, 1.82) is 0 Å². The second kappa shape index (κ2) is 6.64. The lowest BCUT2D eigenvalue weighted by Gasteiger charge is -2.41. The van der Waals surface area contributed by atoms with Crippen LogP contribution >= 0.6 is 0 Å². The van der Waals surface area contributed by atoms with E-state index in [-0.39, 0.29) is 11.6 Å². The summed E-state index contributed by atoms with van der Waals surface area (Å²) in [5.41, 5.74) is 10.2. The van der Waals surface area contributed by atoms with E-state index >= 15 is 0 Å². The summed E-state index contributed by atoms with van der Waals surface area (Å²) in [4.78, 5) is 0. The normalized spacial score (nSPS) is 25.1. The maximum absolute atomic E-state index is 6.80. The largest absolute Gasteiger partial charge is 0.371 e. The van der Waals surface area contributed by atoms with Gasteiger partial charge in [0.1, 0.15) is 0 Å². The van der Waals surface area contributed by atoms with Crippen molar-refractivity contribution in [3.63, 3.8) is 0 Å². The van der Waals surface area contributed by atoms with Crippen LogP contribution in [0.15, 0.2) is 54.6 Å². The van der Waals surface area contributed by atoms with Gasteiger partial charge < -0.3 is 10.5 Å². The molecule has 0 radical (unpaired) electrons. The van der Waals surface area contributed by atoms with Crippen LogP contribution in [-0.4, -0.2) is 6.10 Å². The molecule has 2 nitrogen and oxygen atoms in total. The minimum Gasteiger partial charge on any atom is -0.371 e. The van der Waals surface area contributed by atoms with Crippen molar-refractivity contribution < 1.29 is 4.74 Å². The molecule has 1 fully saturated rings. The van der Waals surface area contributed by atoms with Crippen LogP contribution in [0.5, 0.6) is 0 Å². The van der Waals surface area contributed by atoms with E-state index in [2.05, 4.69) is 55.5 Å². The summed E-state index contributed by atoms with van der Waals surface area (Å²) >= 11 is 0. The van der Waals surface area contributed by atoms with E-state index in [1.165, 1.54) is 29.5 Å². The minimum absolute atomic E-state index is 0.0863. The molecule has 1 aliphatic carbocycles. The number of rotatable bonds is 4. The van der Waals surface area contributed by atoms with Crippen LogP contribution in [0.25, 0.3) is 0 Å². The second-order valence-electron chi connectivity index (χ2n) is 6.38. The molecule has 116 valence electrons. The third kappa shape index (κ3) is 3.08. The number of ether oxygens (including phenoxy) is 1. The Balaban J connectivity index is 1.77. The Labute approximate surface area is 133 Å². The molecule has 2 aromatic rings. The van der Waals surface area contributed by atoms with Crippen molar-refractivity contribution >= 4 is 0 Å². The molecule has 0 amide bonds. The lowest BCUT2D eigenvalue weighted by Crippen LogP contribution is -2.51. The Hall–Kier alpha value is -1.64. The van der Waals surface area contributed by atoms with Crippen molar-refractivity contribution in [3.05, 3.63) is 71.3 Å². The maximum Gasteiger partial charge on any atom is 0.0800 e. The van der Waals surface area contributed by atoms with E-state index in [0.717, 1.165) is 12.8 Å². The average molecular weight is 295 g/mol. The van der Waals surface area contributed by atoms with Crippen molar-refractivity contribution in [3.8, 4) is 0 Å². The molecule has 2 aromatic carbocycles. The SMILES string of the molecule is Cc1ccccc1COC1CCCCC1(N)c1ccccc1. The monoisotopic (exact) mass is 295 g/mol. The average Bonchev–Trinajstić information content (AvgIpc) is 2.56. The van der Waals surface area contributed by atoms with Gasteiger partial charge in [-0.15, -0.1) is 0 Å². The first kappa shape index (κ1) is 15.3. The molecule has 0 bridgehead atoms. The number of hydrogen-bond donors (Lipinski definition) is 1. The van der Waals surface area contributed by atoms with E-state index in [1.54, 1.807) is 0 Å². The minimum atomic E-state index is -0.359. The molecule has 22 heavy (non-hydrogen) atoms. The van der Waals surface area contributed by atoms with Crippen LogP contribution in [0, 0.1) is 6.92 Å². The maximum atomic E-state index is 6.80. The van der Waals surface area contributed by atoms with Gasteiger partial charge in [-0.3, -0.25) is 0 Å². The summed E-state index contributed by atoms with van der Waals surface area (Å²) in [6.45, 7) is 2.77. The highest BCUT2D eigenvalue weighted by molar-refractivity contribution is 5.27. The van der Waals surface area contributed by atoms with Gasteiger partial charge in [-0.2, -0.15) is 0 Å². The molecule has 2 unspecified atom stereocenters. The number of hydrogen-bond acceptors (Lipinski definition) is 2. The van der Waals surface area contributed by atoms with Gasteiger partial charge in [0, 0.05) is 0 Å². The third-order valence-electron chi connectivity index (χ3n) is 4.89. The number of nitrogens with two attached hydrogens (primary N) is 1. The Kier molecular flexibility index (Phi) is 4.60. The molecule has 1 saturated carbocycles. The highest BCUT2D eigenvalue weighted by Gasteiger charge is 2.39. The standard InChI is InChI=1S/C20H25NO/c1-16-9-5-6-10-17(16)15-22-19-13-7-8-14-20(19,21)18-11-3-2-4-12-18/h2-6,9-12,19H,7-8,13-15,21H2,1H3. The summed E-state index contributed by atoms with van der Waals surface area (Å²) in [5.74, 6) is 0. The summed E-state index contributed by atoms with van der Waals surface area (Å²) in [6, 6.07) is 18.8. The molecule has 2 N–H and O–H groups in total. The Morgan fingerprint density at radius 2 is 1.77 bits per heavy atom. The van der Waals surface area contributed by atoms with Gasteiger partial charge in [-0.25, -0.2) is 0 Å². The van der Waals surface area contributed by atoms with Crippen LogP contribution in [0.1, 0.15) is 42.4 Å². The molecule has 3 rings (SSSR count). The number of benzene rings is 2. The molecule has 0 aromatic heterocycles. The fourth-order valence-electron chi connectivity index (χ4n) is 3.44. The van der Waals surface area contributed by atoms with Crippen LogP contribution in [-0.2, 0) is 16.9 Å². The van der Waals surface area contributed by atoms with Crippen molar-refractivity contribution in [2.75, 3.05) is 0 Å². The van der Waals surface area contributed by atoms with Crippen LogP contribution in [0.3, 0.4) is 0 Å². The van der Waals surface area contributed by atoms with Gasteiger partial charge >= 0.3 is 0 Å². The van der Waals surface area contributed by atoms with Crippen LogP contribution < -0.4 is 5.73 Å². The van der Waals surface area contributed by atoms with Gasteiger partial charge in [0.2, 0.25) is 0 Å². The lowest BCUT2D eigenvalue weighted by molar-refractivity contribution is -0.0375. The first-order valence-electron chi connectivity index (χ1n) is 8.21. The molecule has 0 heterocycles.